The second-order valence-electron chi connectivity index (χ2n) is 13.1. The van der Waals surface area contributed by atoms with Crippen molar-refractivity contribution in [2.75, 3.05) is 89.2 Å². The first-order valence-corrected chi connectivity index (χ1v) is 20.7. The molecule has 0 radical (unpaired) electrons. The van der Waals surface area contributed by atoms with E-state index in [1.165, 1.54) is 0 Å². The second kappa shape index (κ2) is 13.1. The Bertz CT molecular complexity index is 1140. The van der Waals surface area contributed by atoms with E-state index in [0.29, 0.717) is 69.8 Å². The fourth-order valence-electron chi connectivity index (χ4n) is 8.13. The van der Waals surface area contributed by atoms with E-state index in [1.54, 1.807) is 0 Å². The Labute approximate surface area is 250 Å². The zero-order valence-corrected chi connectivity index (χ0v) is 27.3. The predicted molar refractivity (Wildman–Crippen MR) is 152 cm³/mol. The van der Waals surface area contributed by atoms with E-state index in [-0.39, 0.29) is 48.7 Å². The van der Waals surface area contributed by atoms with Crippen molar-refractivity contribution in [3.63, 3.8) is 0 Å². The van der Waals surface area contributed by atoms with Crippen molar-refractivity contribution < 1.29 is 69.8 Å². The number of hydrogen-bond acceptors (Lipinski definition) is 8. The molecule has 4 rings (SSSR count). The highest BCUT2D eigenvalue weighted by Gasteiger charge is 2.71. The Morgan fingerprint density at radius 1 is 0.333 bits per heavy atom. The highest BCUT2D eigenvalue weighted by molar-refractivity contribution is 7.86. The van der Waals surface area contributed by atoms with Gasteiger partial charge in [-0.1, -0.05) is 0 Å². The van der Waals surface area contributed by atoms with Gasteiger partial charge >= 0.3 is 0 Å². The summed E-state index contributed by atoms with van der Waals surface area (Å²) in [5.41, 5.74) is 0. The van der Waals surface area contributed by atoms with Crippen LogP contribution in [0.3, 0.4) is 0 Å². The minimum Gasteiger partial charge on any atom is -0.286 e. The van der Waals surface area contributed by atoms with E-state index in [4.69, 9.17) is 0 Å². The number of nitrogens with zero attached hydrogens (tertiary/aromatic N) is 4. The topological polar surface area (TPSA) is 217 Å². The van der Waals surface area contributed by atoms with Crippen molar-refractivity contribution in [3.8, 4) is 0 Å². The fourth-order valence-corrected chi connectivity index (χ4v) is 10.4. The summed E-state index contributed by atoms with van der Waals surface area (Å²) in [6, 6.07) is 0. The summed E-state index contributed by atoms with van der Waals surface area (Å²) in [6.45, 7) is 7.06. The van der Waals surface area contributed by atoms with Crippen molar-refractivity contribution >= 4 is 40.5 Å². The molecule has 0 unspecified atom stereocenters. The van der Waals surface area contributed by atoms with Crippen molar-refractivity contribution in [3.05, 3.63) is 0 Å². The Kier molecular flexibility index (Phi) is 11.2. The molecule has 4 bridgehead atoms. The highest BCUT2D eigenvalue weighted by Crippen LogP contribution is 2.44. The van der Waals surface area contributed by atoms with Crippen LogP contribution in [0.5, 0.6) is 0 Å². The van der Waals surface area contributed by atoms with Gasteiger partial charge in [0.1, 0.15) is 0 Å². The van der Waals surface area contributed by atoms with Crippen molar-refractivity contribution in [1.82, 2.24) is 0 Å². The van der Waals surface area contributed by atoms with Crippen molar-refractivity contribution in [2.45, 2.75) is 51.4 Å². The van der Waals surface area contributed by atoms with Gasteiger partial charge in [0, 0.05) is 0 Å². The Morgan fingerprint density at radius 3 is 0.643 bits per heavy atom. The average Bonchev–Trinajstić information content (AvgIpc) is 2.77. The van der Waals surface area contributed by atoms with E-state index >= 15 is 0 Å². The van der Waals surface area contributed by atoms with Crippen LogP contribution in [0.4, 0.5) is 0 Å². The van der Waals surface area contributed by atoms with Gasteiger partial charge in [-0.3, -0.25) is 18.2 Å². The molecule has 20 heteroatoms. The number of hydrogen-bond donors (Lipinski definition) is 4. The maximum Gasteiger partial charge on any atom is 0.264 e. The molecule has 4 fully saturated rings. The molecular weight excluding hydrogens is 641 g/mol. The quantitative estimate of drug-likeness (QED) is 0.0737. The van der Waals surface area contributed by atoms with E-state index in [9.17, 15) is 51.9 Å². The summed E-state index contributed by atoms with van der Waals surface area (Å²) >= 11 is 0. The van der Waals surface area contributed by atoms with Gasteiger partial charge in [0.15, 0.2) is 0 Å². The van der Waals surface area contributed by atoms with E-state index in [0.717, 1.165) is 40.0 Å². The number of rotatable bonds is 20. The molecule has 0 atom stereocenters. The van der Waals surface area contributed by atoms with Crippen LogP contribution in [-0.4, -0.2) is 159 Å². The standard InChI is InChI=1S/C22H44N4O12S4/c27-39(28,29)13-5-1-9-23-17-24(10-2-6-14-40(30,31)32)20-25(18-23,11-3-7-15-41(33,34)35)22-26(19-23,21-24)12-4-8-16-42(36,37)38/h1-22H2/p+4. The molecule has 0 aromatic rings. The summed E-state index contributed by atoms with van der Waals surface area (Å²) in [6.07, 6.45) is 3.35. The summed E-state index contributed by atoms with van der Waals surface area (Å²) in [5, 5.41) is 0. The van der Waals surface area contributed by atoms with Crippen molar-refractivity contribution in [2.24, 2.45) is 0 Å². The summed E-state index contributed by atoms with van der Waals surface area (Å²) in [4.78, 5) is 0. The lowest BCUT2D eigenvalue weighted by molar-refractivity contribution is -1.43. The average molecular weight is 689 g/mol. The molecule has 0 aromatic heterocycles. The molecule has 0 amide bonds. The second-order valence-corrected chi connectivity index (χ2v) is 19.4. The van der Waals surface area contributed by atoms with Crippen LogP contribution in [0.25, 0.3) is 0 Å². The molecule has 0 aromatic carbocycles. The monoisotopic (exact) mass is 688 g/mol. The minimum atomic E-state index is -4.10. The van der Waals surface area contributed by atoms with Gasteiger partial charge in [0.05, 0.1) is 49.2 Å². The minimum absolute atomic E-state index is 0.288. The molecule has 4 heterocycles. The van der Waals surface area contributed by atoms with Crippen LogP contribution in [0.2, 0.25) is 0 Å². The maximum atomic E-state index is 11.3. The molecule has 4 aliphatic heterocycles. The van der Waals surface area contributed by atoms with Crippen molar-refractivity contribution in [1.29, 1.82) is 0 Å². The summed E-state index contributed by atoms with van der Waals surface area (Å²) < 4.78 is 130. The van der Waals surface area contributed by atoms with Gasteiger partial charge in [0.2, 0.25) is 40.0 Å². The van der Waals surface area contributed by atoms with Crippen LogP contribution in [0.15, 0.2) is 0 Å². The van der Waals surface area contributed by atoms with Crippen LogP contribution in [0.1, 0.15) is 51.4 Å². The Morgan fingerprint density at radius 2 is 0.500 bits per heavy atom. The third kappa shape index (κ3) is 11.4. The first kappa shape index (κ1) is 36.0. The largest absolute Gasteiger partial charge is 0.286 e. The number of unbranched alkanes of at least 4 members (excludes halogenated alkanes) is 4. The lowest BCUT2D eigenvalue weighted by Crippen LogP contribution is -2.95. The first-order chi connectivity index (χ1) is 19.1. The highest BCUT2D eigenvalue weighted by atomic mass is 32.2. The molecule has 248 valence electrons. The maximum absolute atomic E-state index is 11.3. The molecule has 0 saturated carbocycles. The lowest BCUT2D eigenvalue weighted by atomic mass is 10.1. The van der Waals surface area contributed by atoms with Gasteiger partial charge in [-0.15, -0.1) is 0 Å². The van der Waals surface area contributed by atoms with Crippen LogP contribution >= 0.6 is 0 Å². The van der Waals surface area contributed by atoms with Gasteiger partial charge in [-0.25, -0.2) is 0 Å². The first-order valence-electron chi connectivity index (χ1n) is 14.3. The SMILES string of the molecule is O=S(=O)(O)CCCC[N+]12C[N+]3(CCCCS(=O)(=O)O)C[N+](CCCCS(=O)(=O)O)(C1)C[N+](CCCCS(=O)(=O)O)(C2)C3. The van der Waals surface area contributed by atoms with E-state index < -0.39 is 40.5 Å². The van der Waals surface area contributed by atoms with Gasteiger partial charge < -0.3 is 0 Å². The van der Waals surface area contributed by atoms with E-state index in [2.05, 4.69) is 0 Å². The Balaban J connectivity index is 1.87. The molecule has 4 aliphatic rings. The summed E-state index contributed by atoms with van der Waals surface area (Å²) in [7, 11) is -16.4. The normalized spacial score (nSPS) is 31.5. The Hall–Kier alpha value is -0.520. The number of quaternary nitrogens is 4. The molecule has 16 nitrogen and oxygen atoms in total. The molecule has 0 aliphatic carbocycles. The fraction of sp³-hybridized carbons (Fsp3) is 1.00. The predicted octanol–water partition coefficient (Wildman–Crippen LogP) is -0.289. The molecular formula is C22H48N4O12S4+4. The third-order valence-corrected chi connectivity index (χ3v) is 12.0. The smallest absolute Gasteiger partial charge is 0.264 e. The third-order valence-electron chi connectivity index (χ3n) is 8.74. The molecule has 4 N–H and O–H groups in total. The zero-order chi connectivity index (χ0) is 31.6. The van der Waals surface area contributed by atoms with Gasteiger partial charge in [-0.05, 0) is 51.4 Å². The van der Waals surface area contributed by atoms with Gasteiger partial charge in [-0.2, -0.15) is 51.6 Å². The lowest BCUT2D eigenvalue weighted by Gasteiger charge is -2.68. The van der Waals surface area contributed by atoms with Crippen LogP contribution in [-0.2, 0) is 40.5 Å². The molecule has 42 heavy (non-hydrogen) atoms. The van der Waals surface area contributed by atoms with Crippen LogP contribution < -0.4 is 0 Å². The molecule has 4 saturated heterocycles. The van der Waals surface area contributed by atoms with E-state index in [1.807, 2.05) is 0 Å². The summed E-state index contributed by atoms with van der Waals surface area (Å²) in [5.74, 6) is -1.36. The van der Waals surface area contributed by atoms with Gasteiger partial charge in [0.25, 0.3) is 40.5 Å². The molecule has 0 spiro atoms. The van der Waals surface area contributed by atoms with Crippen LogP contribution in [0, 0.1) is 0 Å². The zero-order valence-electron chi connectivity index (χ0n) is 24.0.